The molecule has 3 aromatic carbocycles. The molecule has 1 aliphatic rings. The normalized spacial score (nSPS) is 13.7. The van der Waals surface area contributed by atoms with Crippen molar-refractivity contribution in [2.75, 3.05) is 38.2 Å². The van der Waals surface area contributed by atoms with E-state index in [9.17, 15) is 4.79 Å². The lowest BCUT2D eigenvalue weighted by atomic mass is 10.1. The van der Waals surface area contributed by atoms with Crippen molar-refractivity contribution in [1.82, 2.24) is 4.90 Å². The Balaban J connectivity index is 1.40. The summed E-state index contributed by atoms with van der Waals surface area (Å²) in [4.78, 5) is 17.3. The number of carbonyl (C=O) groups is 1. The third kappa shape index (κ3) is 5.00. The van der Waals surface area contributed by atoms with Crippen LogP contribution >= 0.6 is 11.6 Å². The topological polar surface area (TPSA) is 42.0 Å². The number of benzene rings is 3. The Morgan fingerprint density at radius 1 is 0.938 bits per heavy atom. The van der Waals surface area contributed by atoms with E-state index in [4.69, 9.17) is 21.1 Å². The summed E-state index contributed by atoms with van der Waals surface area (Å²) in [5.74, 6) is 1.11. The van der Waals surface area contributed by atoms with Crippen LogP contribution in [0.5, 0.6) is 11.5 Å². The number of amides is 1. The summed E-state index contributed by atoms with van der Waals surface area (Å²) in [6.45, 7) is 5.40. The summed E-state index contributed by atoms with van der Waals surface area (Å²) in [6, 6.07) is 21.3. The van der Waals surface area contributed by atoms with Crippen LogP contribution < -0.4 is 14.4 Å². The van der Waals surface area contributed by atoms with E-state index in [1.54, 1.807) is 25.3 Å². The molecule has 5 nitrogen and oxygen atoms in total. The highest BCUT2D eigenvalue weighted by atomic mass is 35.5. The van der Waals surface area contributed by atoms with Crippen molar-refractivity contribution in [3.8, 4) is 11.5 Å². The highest BCUT2D eigenvalue weighted by molar-refractivity contribution is 6.31. The number of piperazine rings is 1. The number of anilines is 1. The van der Waals surface area contributed by atoms with Crippen LogP contribution in [0.25, 0.3) is 0 Å². The first-order valence-corrected chi connectivity index (χ1v) is 11.1. The van der Waals surface area contributed by atoms with Crippen molar-refractivity contribution in [3.63, 3.8) is 0 Å². The third-order valence-corrected chi connectivity index (χ3v) is 6.05. The van der Waals surface area contributed by atoms with E-state index in [2.05, 4.69) is 36.1 Å². The molecule has 0 spiro atoms. The van der Waals surface area contributed by atoms with Gasteiger partial charge in [0, 0.05) is 48.0 Å². The average molecular weight is 451 g/mol. The van der Waals surface area contributed by atoms with Crippen molar-refractivity contribution >= 4 is 23.2 Å². The Morgan fingerprint density at radius 2 is 1.72 bits per heavy atom. The van der Waals surface area contributed by atoms with E-state index < -0.39 is 0 Å². The minimum absolute atomic E-state index is 0.00449. The van der Waals surface area contributed by atoms with Gasteiger partial charge >= 0.3 is 0 Å². The molecule has 0 N–H and O–H groups in total. The van der Waals surface area contributed by atoms with Crippen LogP contribution in [0.15, 0.2) is 66.7 Å². The van der Waals surface area contributed by atoms with Gasteiger partial charge in [0.1, 0.15) is 6.61 Å². The fourth-order valence-electron chi connectivity index (χ4n) is 3.87. The molecule has 0 atom stereocenters. The molecule has 1 amide bonds. The van der Waals surface area contributed by atoms with Gasteiger partial charge in [0.05, 0.1) is 7.11 Å². The first kappa shape index (κ1) is 22.0. The van der Waals surface area contributed by atoms with E-state index in [1.807, 2.05) is 29.2 Å². The van der Waals surface area contributed by atoms with Crippen LogP contribution in [-0.4, -0.2) is 44.1 Å². The smallest absolute Gasteiger partial charge is 0.254 e. The SMILES string of the molecule is COc1cc(C(=O)N2CCN(c3cccc(C)c3)CC2)ccc1OCc1ccccc1Cl. The first-order chi connectivity index (χ1) is 15.5. The predicted octanol–water partition coefficient (Wildman–Crippen LogP) is 5.20. The minimum Gasteiger partial charge on any atom is -0.493 e. The number of carbonyl (C=O) groups excluding carboxylic acids is 1. The van der Waals surface area contributed by atoms with Crippen molar-refractivity contribution in [2.24, 2.45) is 0 Å². The van der Waals surface area contributed by atoms with E-state index in [1.165, 1.54) is 11.3 Å². The van der Waals surface area contributed by atoms with E-state index in [0.29, 0.717) is 41.8 Å². The first-order valence-electron chi connectivity index (χ1n) is 10.7. The summed E-state index contributed by atoms with van der Waals surface area (Å²) >= 11 is 6.21. The quantitative estimate of drug-likeness (QED) is 0.517. The second kappa shape index (κ2) is 9.96. The predicted molar refractivity (Wildman–Crippen MR) is 128 cm³/mol. The van der Waals surface area contributed by atoms with Crippen molar-refractivity contribution in [2.45, 2.75) is 13.5 Å². The molecular weight excluding hydrogens is 424 g/mol. The number of hydrogen-bond acceptors (Lipinski definition) is 4. The second-order valence-electron chi connectivity index (χ2n) is 7.86. The Kier molecular flexibility index (Phi) is 6.86. The van der Waals surface area contributed by atoms with Gasteiger partial charge in [0.2, 0.25) is 0 Å². The van der Waals surface area contributed by atoms with E-state index >= 15 is 0 Å². The zero-order valence-electron chi connectivity index (χ0n) is 18.4. The molecule has 0 unspecified atom stereocenters. The number of ether oxygens (including phenoxy) is 2. The molecule has 0 radical (unpaired) electrons. The number of hydrogen-bond donors (Lipinski definition) is 0. The maximum absolute atomic E-state index is 13.1. The number of nitrogens with zero attached hydrogens (tertiary/aromatic N) is 2. The van der Waals surface area contributed by atoms with Crippen LogP contribution in [0.1, 0.15) is 21.5 Å². The summed E-state index contributed by atoms with van der Waals surface area (Å²) in [5, 5.41) is 0.656. The molecule has 4 rings (SSSR count). The average Bonchev–Trinajstić information content (AvgIpc) is 2.83. The van der Waals surface area contributed by atoms with E-state index in [0.717, 1.165) is 18.7 Å². The molecule has 0 saturated carbocycles. The molecule has 6 heteroatoms. The minimum atomic E-state index is 0.00449. The number of rotatable bonds is 6. The van der Waals surface area contributed by atoms with Gasteiger partial charge in [-0.05, 0) is 48.9 Å². The molecule has 32 heavy (non-hydrogen) atoms. The number of methoxy groups -OCH3 is 1. The van der Waals surface area contributed by atoms with E-state index in [-0.39, 0.29) is 5.91 Å². The Bertz CT molecular complexity index is 1090. The molecule has 1 heterocycles. The highest BCUT2D eigenvalue weighted by Crippen LogP contribution is 2.30. The monoisotopic (exact) mass is 450 g/mol. The second-order valence-corrected chi connectivity index (χ2v) is 8.27. The van der Waals surface area contributed by atoms with Crippen molar-refractivity contribution in [3.05, 3.63) is 88.4 Å². The van der Waals surface area contributed by atoms with Crippen LogP contribution in [0.3, 0.4) is 0 Å². The lowest BCUT2D eigenvalue weighted by Crippen LogP contribution is -2.48. The molecule has 1 fully saturated rings. The van der Waals surface area contributed by atoms with Crippen LogP contribution in [0, 0.1) is 6.92 Å². The molecular formula is C26H27ClN2O3. The lowest BCUT2D eigenvalue weighted by Gasteiger charge is -2.36. The molecule has 3 aromatic rings. The molecule has 1 aliphatic heterocycles. The molecule has 1 saturated heterocycles. The van der Waals surface area contributed by atoms with Gasteiger partial charge in [-0.1, -0.05) is 41.9 Å². The maximum atomic E-state index is 13.1. The highest BCUT2D eigenvalue weighted by Gasteiger charge is 2.23. The lowest BCUT2D eigenvalue weighted by molar-refractivity contribution is 0.0746. The summed E-state index contributed by atoms with van der Waals surface area (Å²) in [6.07, 6.45) is 0. The maximum Gasteiger partial charge on any atom is 0.254 e. The largest absolute Gasteiger partial charge is 0.493 e. The van der Waals surface area contributed by atoms with Crippen LogP contribution in [0.2, 0.25) is 5.02 Å². The fourth-order valence-corrected chi connectivity index (χ4v) is 4.06. The standard InChI is InChI=1S/C26H27ClN2O3/c1-19-6-5-8-22(16-19)28-12-14-29(15-13-28)26(30)20-10-11-24(25(17-20)31-2)32-18-21-7-3-4-9-23(21)27/h3-11,16-17H,12-15,18H2,1-2H3. The molecule has 166 valence electrons. The van der Waals surface area contributed by atoms with Gasteiger partial charge in [0.25, 0.3) is 5.91 Å². The summed E-state index contributed by atoms with van der Waals surface area (Å²) < 4.78 is 11.4. The third-order valence-electron chi connectivity index (χ3n) is 5.69. The van der Waals surface area contributed by atoms with Crippen molar-refractivity contribution in [1.29, 1.82) is 0 Å². The Hall–Kier alpha value is -3.18. The zero-order chi connectivity index (χ0) is 22.5. The molecule has 0 aliphatic carbocycles. The number of aryl methyl sites for hydroxylation is 1. The molecule has 0 bridgehead atoms. The van der Waals surface area contributed by atoms with Crippen LogP contribution in [-0.2, 0) is 6.61 Å². The Labute approximate surface area is 194 Å². The van der Waals surface area contributed by atoms with Gasteiger partial charge in [0.15, 0.2) is 11.5 Å². The van der Waals surface area contributed by atoms with Crippen LogP contribution in [0.4, 0.5) is 5.69 Å². The van der Waals surface area contributed by atoms with Crippen molar-refractivity contribution < 1.29 is 14.3 Å². The summed E-state index contributed by atoms with van der Waals surface area (Å²) in [5.41, 5.74) is 3.93. The van der Waals surface area contributed by atoms with Gasteiger partial charge in [-0.3, -0.25) is 4.79 Å². The van der Waals surface area contributed by atoms with Gasteiger partial charge in [-0.15, -0.1) is 0 Å². The fraction of sp³-hybridized carbons (Fsp3) is 0.269. The Morgan fingerprint density at radius 3 is 2.44 bits per heavy atom. The number of halogens is 1. The molecule has 0 aromatic heterocycles. The summed E-state index contributed by atoms with van der Waals surface area (Å²) in [7, 11) is 1.58. The zero-order valence-corrected chi connectivity index (χ0v) is 19.1. The van der Waals surface area contributed by atoms with Gasteiger partial charge in [-0.2, -0.15) is 0 Å². The van der Waals surface area contributed by atoms with Gasteiger partial charge in [-0.25, -0.2) is 0 Å². The van der Waals surface area contributed by atoms with Gasteiger partial charge < -0.3 is 19.3 Å².